The van der Waals surface area contributed by atoms with Crippen molar-refractivity contribution < 1.29 is 23.7 Å². The van der Waals surface area contributed by atoms with E-state index in [4.69, 9.17) is 23.7 Å². The Balaban J connectivity index is 2.14. The Morgan fingerprint density at radius 3 is 1.73 bits per heavy atom. The van der Waals surface area contributed by atoms with Crippen molar-refractivity contribution in [2.24, 2.45) is 5.92 Å². The SMILES string of the molecule is COc1cc2c(cc1OC)[C@H](c1cc(OC)c(OC)c(OC)c1)[C@@H](C)C2. The molecule has 0 bridgehead atoms. The summed E-state index contributed by atoms with van der Waals surface area (Å²) in [5, 5.41) is 0. The van der Waals surface area contributed by atoms with Gasteiger partial charge in [-0.1, -0.05) is 6.92 Å². The van der Waals surface area contributed by atoms with Gasteiger partial charge in [-0.2, -0.15) is 0 Å². The van der Waals surface area contributed by atoms with Crippen LogP contribution in [-0.2, 0) is 6.42 Å². The summed E-state index contributed by atoms with van der Waals surface area (Å²) in [5.41, 5.74) is 3.68. The predicted molar refractivity (Wildman–Crippen MR) is 100 cm³/mol. The van der Waals surface area contributed by atoms with Gasteiger partial charge in [0, 0.05) is 5.92 Å². The summed E-state index contributed by atoms with van der Waals surface area (Å²) >= 11 is 0. The van der Waals surface area contributed by atoms with Crippen molar-refractivity contribution in [3.8, 4) is 28.7 Å². The lowest BCUT2D eigenvalue weighted by molar-refractivity contribution is 0.323. The molecule has 26 heavy (non-hydrogen) atoms. The highest BCUT2D eigenvalue weighted by Gasteiger charge is 2.33. The van der Waals surface area contributed by atoms with Crippen LogP contribution in [0.3, 0.4) is 0 Å². The smallest absolute Gasteiger partial charge is 0.203 e. The van der Waals surface area contributed by atoms with Crippen molar-refractivity contribution in [3.05, 3.63) is 41.0 Å². The van der Waals surface area contributed by atoms with Gasteiger partial charge in [0.05, 0.1) is 35.5 Å². The molecular formula is C21H26O5. The zero-order chi connectivity index (χ0) is 18.8. The minimum atomic E-state index is 0.221. The Morgan fingerprint density at radius 1 is 0.692 bits per heavy atom. The molecule has 0 amide bonds. The zero-order valence-corrected chi connectivity index (χ0v) is 16.2. The monoisotopic (exact) mass is 358 g/mol. The second-order valence-electron chi connectivity index (χ2n) is 6.52. The first kappa shape index (κ1) is 18.2. The molecule has 1 aliphatic carbocycles. The maximum Gasteiger partial charge on any atom is 0.203 e. The molecule has 1 aliphatic rings. The summed E-state index contributed by atoms with van der Waals surface area (Å²) in [4.78, 5) is 0. The number of hydrogen-bond acceptors (Lipinski definition) is 5. The molecule has 0 saturated carbocycles. The number of rotatable bonds is 6. The summed E-state index contributed by atoms with van der Waals surface area (Å²) in [6.07, 6.45) is 0.983. The number of methoxy groups -OCH3 is 5. The van der Waals surface area contributed by atoms with E-state index in [1.54, 1.807) is 35.5 Å². The minimum absolute atomic E-state index is 0.221. The first-order chi connectivity index (χ1) is 12.6. The van der Waals surface area contributed by atoms with E-state index in [9.17, 15) is 0 Å². The van der Waals surface area contributed by atoms with Crippen LogP contribution < -0.4 is 23.7 Å². The average molecular weight is 358 g/mol. The van der Waals surface area contributed by atoms with Gasteiger partial charge >= 0.3 is 0 Å². The Hall–Kier alpha value is -2.56. The molecule has 0 spiro atoms. The molecule has 0 aromatic heterocycles. The van der Waals surface area contributed by atoms with Crippen molar-refractivity contribution in [2.45, 2.75) is 19.3 Å². The summed E-state index contributed by atoms with van der Waals surface area (Å²) in [7, 11) is 8.23. The normalized spacial score (nSPS) is 18.2. The van der Waals surface area contributed by atoms with Crippen LogP contribution in [0.2, 0.25) is 0 Å². The van der Waals surface area contributed by atoms with Gasteiger partial charge < -0.3 is 23.7 Å². The molecule has 3 rings (SSSR count). The number of fused-ring (bicyclic) bond motifs is 1. The molecule has 0 N–H and O–H groups in total. The summed E-state index contributed by atoms with van der Waals surface area (Å²) in [6, 6.07) is 8.25. The van der Waals surface area contributed by atoms with Gasteiger partial charge in [-0.3, -0.25) is 0 Å². The minimum Gasteiger partial charge on any atom is -0.493 e. The fourth-order valence-corrected chi connectivity index (χ4v) is 3.96. The lowest BCUT2D eigenvalue weighted by Crippen LogP contribution is -2.07. The molecular weight excluding hydrogens is 332 g/mol. The van der Waals surface area contributed by atoms with E-state index >= 15 is 0 Å². The number of hydrogen-bond donors (Lipinski definition) is 0. The molecule has 0 heterocycles. The lowest BCUT2D eigenvalue weighted by atomic mass is 9.86. The van der Waals surface area contributed by atoms with Crippen molar-refractivity contribution in [2.75, 3.05) is 35.5 Å². The third-order valence-electron chi connectivity index (χ3n) is 5.14. The van der Waals surface area contributed by atoms with E-state index in [2.05, 4.69) is 19.1 Å². The van der Waals surface area contributed by atoms with Crippen molar-refractivity contribution in [3.63, 3.8) is 0 Å². The van der Waals surface area contributed by atoms with Gasteiger partial charge in [0.2, 0.25) is 5.75 Å². The van der Waals surface area contributed by atoms with Crippen LogP contribution in [0.4, 0.5) is 0 Å². The van der Waals surface area contributed by atoms with Crippen LogP contribution in [0.25, 0.3) is 0 Å². The highest BCUT2D eigenvalue weighted by molar-refractivity contribution is 5.59. The first-order valence-electron chi connectivity index (χ1n) is 8.62. The average Bonchev–Trinajstić information content (AvgIpc) is 2.99. The molecule has 0 saturated heterocycles. The second-order valence-corrected chi connectivity index (χ2v) is 6.52. The Morgan fingerprint density at radius 2 is 1.23 bits per heavy atom. The van der Waals surface area contributed by atoms with Crippen LogP contribution in [-0.4, -0.2) is 35.5 Å². The second kappa shape index (κ2) is 7.36. The summed E-state index contributed by atoms with van der Waals surface area (Å²) in [6.45, 7) is 2.26. The third kappa shape index (κ3) is 2.91. The fourth-order valence-electron chi connectivity index (χ4n) is 3.96. The van der Waals surface area contributed by atoms with E-state index in [0.29, 0.717) is 23.2 Å². The summed E-state index contributed by atoms with van der Waals surface area (Å²) < 4.78 is 27.5. The number of ether oxygens (including phenoxy) is 5. The predicted octanol–water partition coefficient (Wildman–Crippen LogP) is 4.05. The molecule has 2 aromatic rings. The molecule has 0 radical (unpaired) electrons. The van der Waals surface area contributed by atoms with Crippen molar-refractivity contribution >= 4 is 0 Å². The van der Waals surface area contributed by atoms with Crippen molar-refractivity contribution in [1.82, 2.24) is 0 Å². The van der Waals surface area contributed by atoms with E-state index in [1.165, 1.54) is 11.1 Å². The topological polar surface area (TPSA) is 46.2 Å². The van der Waals surface area contributed by atoms with Crippen LogP contribution in [0, 0.1) is 5.92 Å². The molecule has 2 atom stereocenters. The molecule has 0 aliphatic heterocycles. The number of benzene rings is 2. The lowest BCUT2D eigenvalue weighted by Gasteiger charge is -2.21. The highest BCUT2D eigenvalue weighted by atomic mass is 16.5. The molecule has 0 fully saturated rings. The van der Waals surface area contributed by atoms with Crippen LogP contribution in [0.15, 0.2) is 24.3 Å². The largest absolute Gasteiger partial charge is 0.493 e. The fraction of sp³-hybridized carbons (Fsp3) is 0.429. The summed E-state index contributed by atoms with van der Waals surface area (Å²) in [5.74, 6) is 4.12. The molecule has 5 nitrogen and oxygen atoms in total. The van der Waals surface area contributed by atoms with Crippen LogP contribution in [0.1, 0.15) is 29.5 Å². The van der Waals surface area contributed by atoms with Gasteiger partial charge in [0.25, 0.3) is 0 Å². The molecule has 2 aromatic carbocycles. The maximum absolute atomic E-state index is 5.53. The van der Waals surface area contributed by atoms with Gasteiger partial charge in [-0.05, 0) is 53.3 Å². The zero-order valence-electron chi connectivity index (χ0n) is 16.2. The first-order valence-corrected chi connectivity index (χ1v) is 8.62. The molecule has 140 valence electrons. The Bertz CT molecular complexity index is 774. The van der Waals surface area contributed by atoms with Crippen LogP contribution >= 0.6 is 0 Å². The van der Waals surface area contributed by atoms with E-state index in [-0.39, 0.29) is 5.92 Å². The Kier molecular flexibility index (Phi) is 5.16. The molecule has 0 unspecified atom stereocenters. The van der Waals surface area contributed by atoms with E-state index in [0.717, 1.165) is 23.5 Å². The van der Waals surface area contributed by atoms with Gasteiger partial charge in [-0.25, -0.2) is 0 Å². The third-order valence-corrected chi connectivity index (χ3v) is 5.14. The van der Waals surface area contributed by atoms with Crippen LogP contribution in [0.5, 0.6) is 28.7 Å². The van der Waals surface area contributed by atoms with Crippen molar-refractivity contribution in [1.29, 1.82) is 0 Å². The van der Waals surface area contributed by atoms with Gasteiger partial charge in [-0.15, -0.1) is 0 Å². The van der Waals surface area contributed by atoms with E-state index in [1.807, 2.05) is 12.1 Å². The standard InChI is InChI=1S/C21H26O5/c1-12-7-13-8-16(22-2)17(23-3)11-15(13)20(12)14-9-18(24-4)21(26-6)19(10-14)25-5/h8-12,20H,7H2,1-6H3/t12-,20-/m0/s1. The molecule has 5 heteroatoms. The highest BCUT2D eigenvalue weighted by Crippen LogP contribution is 2.49. The van der Waals surface area contributed by atoms with E-state index < -0.39 is 0 Å². The van der Waals surface area contributed by atoms with Gasteiger partial charge in [0.1, 0.15) is 0 Å². The van der Waals surface area contributed by atoms with Gasteiger partial charge in [0.15, 0.2) is 23.0 Å². The Labute approximate surface area is 154 Å². The maximum atomic E-state index is 5.53. The quantitative estimate of drug-likeness (QED) is 0.779.